The summed E-state index contributed by atoms with van der Waals surface area (Å²) in [7, 11) is -4.14. The SMILES string of the molecule is CCCCCCC(CCCCCCCCCCC(O)CCCCC)S(=O)(=O)[O-].[K+]. The molecule has 170 valence electrons. The van der Waals surface area contributed by atoms with Crippen LogP contribution in [0.15, 0.2) is 0 Å². The quantitative estimate of drug-likeness (QED) is 0.162. The molecule has 0 aromatic rings. The van der Waals surface area contributed by atoms with E-state index in [2.05, 4.69) is 13.8 Å². The van der Waals surface area contributed by atoms with E-state index in [9.17, 15) is 18.1 Å². The molecule has 29 heavy (non-hydrogen) atoms. The Morgan fingerprint density at radius 1 is 0.621 bits per heavy atom. The summed E-state index contributed by atoms with van der Waals surface area (Å²) in [5, 5.41) is 9.22. The summed E-state index contributed by atoms with van der Waals surface area (Å²) in [6, 6.07) is 0. The molecule has 0 spiro atoms. The van der Waals surface area contributed by atoms with Crippen molar-refractivity contribution in [2.75, 3.05) is 0 Å². The van der Waals surface area contributed by atoms with E-state index in [1.54, 1.807) is 0 Å². The predicted molar refractivity (Wildman–Crippen MR) is 119 cm³/mol. The van der Waals surface area contributed by atoms with E-state index in [0.717, 1.165) is 70.6 Å². The van der Waals surface area contributed by atoms with Crippen LogP contribution >= 0.6 is 0 Å². The molecule has 0 saturated heterocycles. The van der Waals surface area contributed by atoms with E-state index in [1.165, 1.54) is 38.5 Å². The van der Waals surface area contributed by atoms with Gasteiger partial charge in [0.25, 0.3) is 0 Å². The number of rotatable bonds is 21. The van der Waals surface area contributed by atoms with Crippen molar-refractivity contribution in [1.82, 2.24) is 0 Å². The van der Waals surface area contributed by atoms with Gasteiger partial charge in [0.05, 0.1) is 16.2 Å². The van der Waals surface area contributed by atoms with E-state index >= 15 is 0 Å². The van der Waals surface area contributed by atoms with Crippen LogP contribution in [0.4, 0.5) is 0 Å². The molecule has 0 aromatic carbocycles. The van der Waals surface area contributed by atoms with Crippen LogP contribution in [-0.2, 0) is 10.1 Å². The number of hydrogen-bond acceptors (Lipinski definition) is 4. The van der Waals surface area contributed by atoms with Gasteiger partial charge in [0, 0.05) is 5.25 Å². The van der Waals surface area contributed by atoms with Crippen LogP contribution in [0.25, 0.3) is 0 Å². The van der Waals surface area contributed by atoms with Crippen LogP contribution in [0.2, 0.25) is 0 Å². The molecule has 0 bridgehead atoms. The van der Waals surface area contributed by atoms with Gasteiger partial charge in [-0.1, -0.05) is 110 Å². The standard InChI is InChI=1S/C23H48O4S.K/c1-3-5-7-16-20-23(28(25,26)27)21-17-13-11-9-8-10-12-15-19-22(24)18-14-6-4-2;/h22-24H,3-21H2,1-2H3,(H,25,26,27);/q;+1/p-1. The zero-order valence-electron chi connectivity index (χ0n) is 19.7. The van der Waals surface area contributed by atoms with Gasteiger partial charge >= 0.3 is 51.4 Å². The molecular weight excluding hydrogens is 411 g/mol. The molecule has 0 aliphatic heterocycles. The van der Waals surface area contributed by atoms with Gasteiger partial charge in [0.1, 0.15) is 0 Å². The molecule has 0 aliphatic carbocycles. The van der Waals surface area contributed by atoms with E-state index in [1.807, 2.05) is 0 Å². The first-order valence-corrected chi connectivity index (χ1v) is 13.5. The second-order valence-electron chi connectivity index (χ2n) is 8.52. The van der Waals surface area contributed by atoms with Gasteiger partial charge in [0.2, 0.25) is 0 Å². The third-order valence-electron chi connectivity index (χ3n) is 5.74. The molecule has 2 atom stereocenters. The van der Waals surface area contributed by atoms with Crippen molar-refractivity contribution in [2.45, 2.75) is 147 Å². The van der Waals surface area contributed by atoms with Gasteiger partial charge in [-0.3, -0.25) is 0 Å². The molecule has 0 saturated carbocycles. The van der Waals surface area contributed by atoms with Crippen molar-refractivity contribution in [3.05, 3.63) is 0 Å². The third-order valence-corrected chi connectivity index (χ3v) is 7.03. The molecule has 1 N–H and O–H groups in total. The van der Waals surface area contributed by atoms with Crippen molar-refractivity contribution < 1.29 is 69.5 Å². The summed E-state index contributed by atoms with van der Waals surface area (Å²) in [6.07, 6.45) is 19.5. The summed E-state index contributed by atoms with van der Waals surface area (Å²) in [6.45, 7) is 4.31. The summed E-state index contributed by atoms with van der Waals surface area (Å²) in [5.41, 5.74) is 0. The van der Waals surface area contributed by atoms with Crippen molar-refractivity contribution >= 4 is 10.1 Å². The van der Waals surface area contributed by atoms with Gasteiger partial charge < -0.3 is 9.66 Å². The maximum atomic E-state index is 11.4. The maximum Gasteiger partial charge on any atom is 1.00 e. The fraction of sp³-hybridized carbons (Fsp3) is 1.00. The van der Waals surface area contributed by atoms with Gasteiger partial charge in [-0.2, -0.15) is 0 Å². The van der Waals surface area contributed by atoms with E-state index in [-0.39, 0.29) is 57.5 Å². The molecule has 4 nitrogen and oxygen atoms in total. The molecule has 6 heteroatoms. The number of unbranched alkanes of at least 4 members (excludes halogenated alkanes) is 12. The van der Waals surface area contributed by atoms with E-state index in [0.29, 0.717) is 12.8 Å². The molecule has 0 amide bonds. The topological polar surface area (TPSA) is 77.4 Å². The Balaban J connectivity index is 0. The summed E-state index contributed by atoms with van der Waals surface area (Å²) in [4.78, 5) is 0. The molecule has 0 aromatic heterocycles. The Bertz CT molecular complexity index is 429. The van der Waals surface area contributed by atoms with Gasteiger partial charge in [-0.15, -0.1) is 0 Å². The second-order valence-corrected chi connectivity index (χ2v) is 10.2. The predicted octanol–water partition coefficient (Wildman–Crippen LogP) is 3.72. The summed E-state index contributed by atoms with van der Waals surface area (Å²) >= 11 is 0. The molecule has 2 unspecified atom stereocenters. The summed E-state index contributed by atoms with van der Waals surface area (Å²) in [5.74, 6) is 0. The van der Waals surface area contributed by atoms with Crippen molar-refractivity contribution in [1.29, 1.82) is 0 Å². The van der Waals surface area contributed by atoms with Crippen LogP contribution in [-0.4, -0.2) is 29.4 Å². The molecule has 0 heterocycles. The zero-order valence-corrected chi connectivity index (χ0v) is 23.6. The third kappa shape index (κ3) is 22.5. The first-order chi connectivity index (χ1) is 13.4. The fourth-order valence-electron chi connectivity index (χ4n) is 3.82. The van der Waals surface area contributed by atoms with Crippen molar-refractivity contribution in [3.8, 4) is 0 Å². The Morgan fingerprint density at radius 2 is 0.931 bits per heavy atom. The molecule has 0 aliphatic rings. The first-order valence-electron chi connectivity index (χ1n) is 12.0. The zero-order chi connectivity index (χ0) is 21.1. The molecule has 0 fully saturated rings. The van der Waals surface area contributed by atoms with Crippen LogP contribution < -0.4 is 51.4 Å². The monoisotopic (exact) mass is 458 g/mol. The Kier molecular flexibility index (Phi) is 25.6. The Labute approximate surface area is 224 Å². The molecular formula is C23H47KO4S. The second kappa shape index (κ2) is 22.7. The van der Waals surface area contributed by atoms with Gasteiger partial charge in [-0.05, 0) is 25.7 Å². The fourth-order valence-corrected chi connectivity index (χ4v) is 4.73. The van der Waals surface area contributed by atoms with Crippen LogP contribution in [0.5, 0.6) is 0 Å². The van der Waals surface area contributed by atoms with Crippen molar-refractivity contribution in [3.63, 3.8) is 0 Å². The van der Waals surface area contributed by atoms with Crippen molar-refractivity contribution in [2.24, 2.45) is 0 Å². The minimum Gasteiger partial charge on any atom is -0.748 e. The normalized spacial score (nSPS) is 13.8. The van der Waals surface area contributed by atoms with E-state index < -0.39 is 15.4 Å². The van der Waals surface area contributed by atoms with Crippen LogP contribution in [0, 0.1) is 0 Å². The Hall–Kier alpha value is 1.51. The Morgan fingerprint density at radius 3 is 1.34 bits per heavy atom. The van der Waals surface area contributed by atoms with Crippen LogP contribution in [0.1, 0.15) is 136 Å². The number of hydrogen-bond donors (Lipinski definition) is 1. The summed E-state index contributed by atoms with van der Waals surface area (Å²) < 4.78 is 34.2. The average Bonchev–Trinajstić information content (AvgIpc) is 2.64. The number of aliphatic hydroxyl groups excluding tert-OH is 1. The molecule has 0 radical (unpaired) electrons. The molecule has 0 rings (SSSR count). The number of aliphatic hydroxyl groups is 1. The maximum absolute atomic E-state index is 11.4. The largest absolute Gasteiger partial charge is 1.00 e. The first kappa shape index (κ1) is 32.7. The minimum absolute atomic E-state index is 0. The van der Waals surface area contributed by atoms with E-state index in [4.69, 9.17) is 0 Å². The smallest absolute Gasteiger partial charge is 0.748 e. The van der Waals surface area contributed by atoms with Gasteiger partial charge in [0.15, 0.2) is 0 Å². The average molecular weight is 459 g/mol. The van der Waals surface area contributed by atoms with Crippen LogP contribution in [0.3, 0.4) is 0 Å². The minimum atomic E-state index is -4.14. The van der Waals surface area contributed by atoms with Gasteiger partial charge in [-0.25, -0.2) is 8.42 Å².